The lowest BCUT2D eigenvalue weighted by Gasteiger charge is -2.15. The van der Waals surface area contributed by atoms with Crippen molar-refractivity contribution in [3.8, 4) is 5.75 Å². The van der Waals surface area contributed by atoms with Gasteiger partial charge in [-0.2, -0.15) is 0 Å². The van der Waals surface area contributed by atoms with Crippen LogP contribution in [0.3, 0.4) is 0 Å². The van der Waals surface area contributed by atoms with E-state index in [1.165, 1.54) is 5.56 Å². The predicted molar refractivity (Wildman–Crippen MR) is 132 cm³/mol. The summed E-state index contributed by atoms with van der Waals surface area (Å²) in [6.45, 7) is 4.14. The molecule has 0 aromatic heterocycles. The Morgan fingerprint density at radius 2 is 1.87 bits per heavy atom. The van der Waals surface area contributed by atoms with E-state index >= 15 is 0 Å². The van der Waals surface area contributed by atoms with E-state index in [-0.39, 0.29) is 36.0 Å². The second-order valence-corrected chi connectivity index (χ2v) is 7.16. The molecule has 162 valence electrons. The Bertz CT molecular complexity index is 814. The Labute approximate surface area is 195 Å². The largest absolute Gasteiger partial charge is 0.488 e. The Morgan fingerprint density at radius 3 is 2.57 bits per heavy atom. The van der Waals surface area contributed by atoms with Gasteiger partial charge in [0, 0.05) is 32.1 Å². The van der Waals surface area contributed by atoms with E-state index in [1.54, 1.807) is 7.05 Å². The third-order valence-corrected chi connectivity index (χ3v) is 4.93. The summed E-state index contributed by atoms with van der Waals surface area (Å²) in [6, 6.07) is 15.8. The third-order valence-electron chi connectivity index (χ3n) is 4.93. The lowest BCUT2D eigenvalue weighted by atomic mass is 10.1. The smallest absolute Gasteiger partial charge is 0.251 e. The highest BCUT2D eigenvalue weighted by Crippen LogP contribution is 2.27. The number of hydrogen-bond acceptors (Lipinski definition) is 3. The van der Waals surface area contributed by atoms with Gasteiger partial charge in [-0.15, -0.1) is 24.0 Å². The van der Waals surface area contributed by atoms with Crippen molar-refractivity contribution in [3.05, 3.63) is 65.2 Å². The molecule has 30 heavy (non-hydrogen) atoms. The van der Waals surface area contributed by atoms with Gasteiger partial charge in [-0.05, 0) is 35.7 Å². The second kappa shape index (κ2) is 12.4. The minimum Gasteiger partial charge on any atom is -0.488 e. The molecule has 1 unspecified atom stereocenters. The summed E-state index contributed by atoms with van der Waals surface area (Å²) < 4.78 is 5.95. The molecule has 0 aliphatic carbocycles. The maximum atomic E-state index is 12.1. The molecular formula is C23H31IN4O2. The quantitative estimate of drug-likeness (QED) is 0.215. The molecular weight excluding hydrogens is 491 g/mol. The zero-order valence-electron chi connectivity index (χ0n) is 17.6. The van der Waals surface area contributed by atoms with E-state index in [2.05, 4.69) is 33.9 Å². The molecule has 2 aromatic carbocycles. The van der Waals surface area contributed by atoms with E-state index in [1.807, 2.05) is 42.5 Å². The van der Waals surface area contributed by atoms with Gasteiger partial charge in [-0.25, -0.2) is 0 Å². The number of aliphatic imine (C=N–C) groups is 1. The van der Waals surface area contributed by atoms with Crippen LogP contribution in [-0.4, -0.2) is 38.1 Å². The number of fused-ring (bicyclic) bond motifs is 1. The summed E-state index contributed by atoms with van der Waals surface area (Å²) >= 11 is 0. The van der Waals surface area contributed by atoms with Crippen LogP contribution in [-0.2, 0) is 13.0 Å². The average Bonchev–Trinajstić information content (AvgIpc) is 3.17. The van der Waals surface area contributed by atoms with E-state index in [0.29, 0.717) is 18.7 Å². The zero-order valence-corrected chi connectivity index (χ0v) is 19.9. The van der Waals surface area contributed by atoms with Gasteiger partial charge in [0.25, 0.3) is 5.91 Å². The summed E-state index contributed by atoms with van der Waals surface area (Å²) in [5, 5.41) is 9.56. The molecule has 0 saturated carbocycles. The lowest BCUT2D eigenvalue weighted by Crippen LogP contribution is -2.41. The number of nitrogens with one attached hydrogen (secondary N) is 3. The fourth-order valence-electron chi connectivity index (χ4n) is 3.24. The number of para-hydroxylation sites is 1. The first-order valence-corrected chi connectivity index (χ1v) is 10.3. The topological polar surface area (TPSA) is 74.8 Å². The van der Waals surface area contributed by atoms with Crippen molar-refractivity contribution >= 4 is 35.8 Å². The van der Waals surface area contributed by atoms with E-state index < -0.39 is 0 Å². The summed E-state index contributed by atoms with van der Waals surface area (Å²) in [5.74, 6) is 1.68. The van der Waals surface area contributed by atoms with Crippen LogP contribution in [0.4, 0.5) is 0 Å². The van der Waals surface area contributed by atoms with Crippen LogP contribution < -0.4 is 20.7 Å². The van der Waals surface area contributed by atoms with Crippen LogP contribution >= 0.6 is 24.0 Å². The first kappa shape index (κ1) is 24.0. The van der Waals surface area contributed by atoms with Crippen molar-refractivity contribution in [2.75, 3.05) is 20.1 Å². The highest BCUT2D eigenvalue weighted by Gasteiger charge is 2.22. The zero-order chi connectivity index (χ0) is 20.5. The van der Waals surface area contributed by atoms with Crippen LogP contribution in [0.15, 0.2) is 53.5 Å². The van der Waals surface area contributed by atoms with Crippen molar-refractivity contribution in [2.45, 2.75) is 38.8 Å². The molecule has 3 N–H and O–H groups in total. The summed E-state index contributed by atoms with van der Waals surface area (Å²) in [7, 11) is 1.75. The highest BCUT2D eigenvalue weighted by atomic mass is 127. The molecule has 0 fully saturated rings. The number of hydrogen-bond donors (Lipinski definition) is 3. The number of nitrogens with zero attached hydrogens (tertiary/aromatic N) is 1. The minimum absolute atomic E-state index is 0. The van der Waals surface area contributed by atoms with Crippen molar-refractivity contribution in [2.24, 2.45) is 4.99 Å². The number of halogens is 1. The summed E-state index contributed by atoms with van der Waals surface area (Å²) in [6.07, 6.45) is 3.08. The Balaban J connectivity index is 0.00000320. The summed E-state index contributed by atoms with van der Waals surface area (Å²) in [4.78, 5) is 16.3. The van der Waals surface area contributed by atoms with Crippen molar-refractivity contribution in [1.82, 2.24) is 16.0 Å². The molecule has 1 aliphatic heterocycles. The molecule has 0 radical (unpaired) electrons. The van der Waals surface area contributed by atoms with Gasteiger partial charge < -0.3 is 20.7 Å². The van der Waals surface area contributed by atoms with Crippen molar-refractivity contribution < 1.29 is 9.53 Å². The Morgan fingerprint density at radius 1 is 1.10 bits per heavy atom. The van der Waals surface area contributed by atoms with Gasteiger partial charge >= 0.3 is 0 Å². The number of amides is 1. The van der Waals surface area contributed by atoms with Crippen LogP contribution in [0.25, 0.3) is 0 Å². The second-order valence-electron chi connectivity index (χ2n) is 7.16. The maximum absolute atomic E-state index is 12.1. The summed E-state index contributed by atoms with van der Waals surface area (Å²) in [5.41, 5.74) is 3.02. The molecule has 1 atom stereocenters. The first-order chi connectivity index (χ1) is 14.2. The Hall–Kier alpha value is -2.29. The van der Waals surface area contributed by atoms with Crippen LogP contribution in [0.1, 0.15) is 41.3 Å². The van der Waals surface area contributed by atoms with Gasteiger partial charge in [-0.3, -0.25) is 9.79 Å². The fraction of sp³-hybridized carbons (Fsp3) is 0.391. The number of carbonyl (C=O) groups is 1. The maximum Gasteiger partial charge on any atom is 0.251 e. The van der Waals surface area contributed by atoms with Crippen molar-refractivity contribution in [1.29, 1.82) is 0 Å². The minimum atomic E-state index is -0.0204. The molecule has 1 aliphatic rings. The van der Waals surface area contributed by atoms with Crippen molar-refractivity contribution in [3.63, 3.8) is 0 Å². The monoisotopic (exact) mass is 522 g/mol. The van der Waals surface area contributed by atoms with Crippen LogP contribution in [0, 0.1) is 0 Å². The number of ether oxygens (including phenoxy) is 1. The van der Waals surface area contributed by atoms with Crippen LogP contribution in [0.2, 0.25) is 0 Å². The van der Waals surface area contributed by atoms with E-state index in [4.69, 9.17) is 4.74 Å². The number of carbonyl (C=O) groups excluding carboxylic acids is 1. The van der Waals surface area contributed by atoms with E-state index in [9.17, 15) is 4.79 Å². The number of guanidine groups is 1. The number of rotatable bonds is 8. The molecule has 2 aromatic rings. The van der Waals surface area contributed by atoms with E-state index in [0.717, 1.165) is 43.1 Å². The number of benzene rings is 2. The Kier molecular flexibility index (Phi) is 9.93. The average molecular weight is 522 g/mol. The molecule has 3 rings (SSSR count). The molecule has 0 bridgehead atoms. The number of unbranched alkanes of at least 4 members (excludes halogenated alkanes) is 1. The molecule has 0 spiro atoms. The van der Waals surface area contributed by atoms with Gasteiger partial charge in [0.1, 0.15) is 11.9 Å². The first-order valence-electron chi connectivity index (χ1n) is 10.3. The lowest BCUT2D eigenvalue weighted by molar-refractivity contribution is 0.0953. The molecule has 6 nitrogen and oxygen atoms in total. The molecule has 1 amide bonds. The highest BCUT2D eigenvalue weighted by molar-refractivity contribution is 14.0. The van der Waals surface area contributed by atoms with Crippen LogP contribution in [0.5, 0.6) is 5.75 Å². The van der Waals surface area contributed by atoms with Gasteiger partial charge in [0.15, 0.2) is 5.96 Å². The third kappa shape index (κ3) is 6.90. The normalized spacial score (nSPS) is 14.9. The van der Waals surface area contributed by atoms with Gasteiger partial charge in [0.05, 0.1) is 6.54 Å². The van der Waals surface area contributed by atoms with Gasteiger partial charge in [0.2, 0.25) is 0 Å². The SMILES string of the molecule is CCCCNC(=O)c1ccc(CNC(=NC)NCC2Cc3ccccc3O2)cc1.I. The molecule has 7 heteroatoms. The van der Waals surface area contributed by atoms with Gasteiger partial charge in [-0.1, -0.05) is 43.7 Å². The predicted octanol–water partition coefficient (Wildman–Crippen LogP) is 3.50. The molecule has 0 saturated heterocycles. The fourth-order valence-corrected chi connectivity index (χ4v) is 3.24. The molecule has 1 heterocycles. The standard InChI is InChI=1S/C23H30N4O2.HI/c1-3-4-13-25-22(28)18-11-9-17(10-12-18)15-26-23(24-2)27-16-20-14-19-7-5-6-8-21(19)29-20;/h5-12,20H,3-4,13-16H2,1-2H3,(H,25,28)(H2,24,26,27);1H.